The normalized spacial score (nSPS) is 30.1. The first-order valence-electron chi connectivity index (χ1n) is 8.61. The molecule has 0 radical (unpaired) electrons. The molecule has 1 N–H and O–H groups in total. The van der Waals surface area contributed by atoms with Crippen molar-refractivity contribution in [3.05, 3.63) is 34.9 Å². The number of nitrogens with one attached hydrogen (secondary N) is 1. The molecule has 1 heterocycles. The minimum absolute atomic E-state index is 0.510. The summed E-state index contributed by atoms with van der Waals surface area (Å²) >= 11 is 0. The highest BCUT2D eigenvalue weighted by molar-refractivity contribution is 5.35. The molecule has 2 heteroatoms. The van der Waals surface area contributed by atoms with Crippen molar-refractivity contribution in [2.24, 2.45) is 17.8 Å². The van der Waals surface area contributed by atoms with Gasteiger partial charge in [-0.05, 0) is 53.8 Å². The third kappa shape index (κ3) is 3.17. The number of benzene rings is 1. The van der Waals surface area contributed by atoms with Crippen LogP contribution in [0.2, 0.25) is 0 Å². The van der Waals surface area contributed by atoms with Gasteiger partial charge in [0.25, 0.3) is 0 Å². The van der Waals surface area contributed by atoms with Gasteiger partial charge in [0.15, 0.2) is 0 Å². The maximum Gasteiger partial charge on any atom is 0.0725 e. The van der Waals surface area contributed by atoms with Crippen LogP contribution in [0, 0.1) is 17.8 Å². The van der Waals surface area contributed by atoms with Crippen molar-refractivity contribution in [2.45, 2.75) is 59.3 Å². The third-order valence-corrected chi connectivity index (χ3v) is 5.64. The Hall–Kier alpha value is -0.860. The Bertz CT molecular complexity index is 484. The summed E-state index contributed by atoms with van der Waals surface area (Å²) in [4.78, 5) is 0. The molecule has 21 heavy (non-hydrogen) atoms. The number of hydrogen-bond acceptors (Lipinski definition) is 2. The number of ether oxygens (including phenoxy) is 1. The van der Waals surface area contributed by atoms with Crippen LogP contribution in [0.15, 0.2) is 18.2 Å². The van der Waals surface area contributed by atoms with Gasteiger partial charge in [0.1, 0.15) is 0 Å². The van der Waals surface area contributed by atoms with Gasteiger partial charge in [-0.1, -0.05) is 45.4 Å². The fourth-order valence-corrected chi connectivity index (χ4v) is 4.05. The fourth-order valence-electron chi connectivity index (χ4n) is 4.05. The van der Waals surface area contributed by atoms with Gasteiger partial charge in [0.2, 0.25) is 0 Å². The lowest BCUT2D eigenvalue weighted by Gasteiger charge is -2.37. The first-order valence-corrected chi connectivity index (χ1v) is 8.61. The monoisotopic (exact) mass is 287 g/mol. The highest BCUT2D eigenvalue weighted by Crippen LogP contribution is 2.40. The van der Waals surface area contributed by atoms with E-state index < -0.39 is 0 Å². The largest absolute Gasteiger partial charge is 0.372 e. The average Bonchev–Trinajstić information content (AvgIpc) is 2.95. The summed E-state index contributed by atoms with van der Waals surface area (Å²) in [5, 5.41) is 3.75. The second-order valence-electron chi connectivity index (χ2n) is 7.08. The van der Waals surface area contributed by atoms with E-state index in [0.717, 1.165) is 37.5 Å². The molecule has 0 aromatic heterocycles. The maximum absolute atomic E-state index is 5.57. The Morgan fingerprint density at radius 3 is 2.71 bits per heavy atom. The molecule has 0 saturated heterocycles. The predicted octanol–water partition coefficient (Wildman–Crippen LogP) is 4.44. The van der Waals surface area contributed by atoms with Crippen LogP contribution in [-0.2, 0) is 18.0 Å². The molecular weight excluding hydrogens is 258 g/mol. The van der Waals surface area contributed by atoms with E-state index in [1.54, 1.807) is 0 Å². The molecule has 1 aliphatic heterocycles. The zero-order valence-corrected chi connectivity index (χ0v) is 13.7. The molecule has 1 aromatic rings. The summed E-state index contributed by atoms with van der Waals surface area (Å²) in [7, 11) is 0. The quantitative estimate of drug-likeness (QED) is 0.884. The predicted molar refractivity (Wildman–Crippen MR) is 87.0 cm³/mol. The molecule has 1 fully saturated rings. The lowest BCUT2D eigenvalue weighted by molar-refractivity contribution is 0.134. The standard InChI is InChI=1S/C19H29NO/c1-4-20-19(15-6-5-13(2)14(3)9-15)16-7-8-17-11-21-12-18(17)10-16/h7-8,10,13-15,19-20H,4-6,9,11-12H2,1-3H3. The van der Waals surface area contributed by atoms with Crippen LogP contribution >= 0.6 is 0 Å². The van der Waals surface area contributed by atoms with E-state index in [0.29, 0.717) is 6.04 Å². The van der Waals surface area contributed by atoms with Gasteiger partial charge in [-0.15, -0.1) is 0 Å². The van der Waals surface area contributed by atoms with Gasteiger partial charge in [0, 0.05) is 6.04 Å². The smallest absolute Gasteiger partial charge is 0.0725 e. The summed E-state index contributed by atoms with van der Waals surface area (Å²) in [5.74, 6) is 2.51. The molecule has 1 saturated carbocycles. The molecule has 0 spiro atoms. The minimum atomic E-state index is 0.510. The van der Waals surface area contributed by atoms with E-state index in [4.69, 9.17) is 4.74 Å². The summed E-state index contributed by atoms with van der Waals surface area (Å²) in [6.45, 7) is 9.68. The minimum Gasteiger partial charge on any atom is -0.372 e. The van der Waals surface area contributed by atoms with Crippen LogP contribution in [0.25, 0.3) is 0 Å². The van der Waals surface area contributed by atoms with E-state index >= 15 is 0 Å². The van der Waals surface area contributed by atoms with Crippen molar-refractivity contribution < 1.29 is 4.74 Å². The third-order valence-electron chi connectivity index (χ3n) is 5.64. The number of rotatable bonds is 4. The SMILES string of the molecule is CCNC(c1ccc2c(c1)COC2)C1CCC(C)C(C)C1. The molecule has 4 unspecified atom stereocenters. The van der Waals surface area contributed by atoms with E-state index in [-0.39, 0.29) is 0 Å². The van der Waals surface area contributed by atoms with Gasteiger partial charge < -0.3 is 10.1 Å². The second kappa shape index (κ2) is 6.50. The van der Waals surface area contributed by atoms with Crippen molar-refractivity contribution in [3.8, 4) is 0 Å². The van der Waals surface area contributed by atoms with Gasteiger partial charge >= 0.3 is 0 Å². The van der Waals surface area contributed by atoms with Crippen molar-refractivity contribution in [2.75, 3.05) is 6.54 Å². The lowest BCUT2D eigenvalue weighted by atomic mass is 9.72. The van der Waals surface area contributed by atoms with E-state index in [1.807, 2.05) is 0 Å². The van der Waals surface area contributed by atoms with Crippen LogP contribution in [0.4, 0.5) is 0 Å². The van der Waals surface area contributed by atoms with Crippen LogP contribution in [0.5, 0.6) is 0 Å². The van der Waals surface area contributed by atoms with Crippen LogP contribution in [0.1, 0.15) is 62.8 Å². The summed E-state index contributed by atoms with van der Waals surface area (Å²) in [6.07, 6.45) is 4.09. The topological polar surface area (TPSA) is 21.3 Å². The Balaban J connectivity index is 1.81. The molecule has 2 nitrogen and oxygen atoms in total. The van der Waals surface area contributed by atoms with Gasteiger partial charge in [0.05, 0.1) is 13.2 Å². The van der Waals surface area contributed by atoms with Crippen molar-refractivity contribution in [1.82, 2.24) is 5.32 Å². The lowest BCUT2D eigenvalue weighted by Crippen LogP contribution is -2.33. The Labute approximate surface area is 129 Å². The molecule has 3 rings (SSSR count). The number of fused-ring (bicyclic) bond motifs is 1. The molecular formula is C19H29NO. The molecule has 116 valence electrons. The van der Waals surface area contributed by atoms with Gasteiger partial charge in [-0.2, -0.15) is 0 Å². The molecule has 0 amide bonds. The fraction of sp³-hybridized carbons (Fsp3) is 0.684. The van der Waals surface area contributed by atoms with Crippen molar-refractivity contribution in [3.63, 3.8) is 0 Å². The summed E-state index contributed by atoms with van der Waals surface area (Å²) in [6, 6.07) is 7.49. The van der Waals surface area contributed by atoms with Crippen LogP contribution in [-0.4, -0.2) is 6.54 Å². The maximum atomic E-state index is 5.57. The summed E-state index contributed by atoms with van der Waals surface area (Å²) < 4.78 is 5.57. The van der Waals surface area contributed by atoms with E-state index in [1.165, 1.54) is 36.0 Å². The second-order valence-corrected chi connectivity index (χ2v) is 7.08. The average molecular weight is 287 g/mol. The Morgan fingerprint density at radius 2 is 1.95 bits per heavy atom. The molecule has 2 aliphatic rings. The summed E-state index contributed by atoms with van der Waals surface area (Å²) in [5.41, 5.74) is 4.24. The zero-order chi connectivity index (χ0) is 14.8. The molecule has 1 aliphatic carbocycles. The van der Waals surface area contributed by atoms with Crippen molar-refractivity contribution >= 4 is 0 Å². The first kappa shape index (κ1) is 15.1. The van der Waals surface area contributed by atoms with E-state index in [2.05, 4.69) is 44.3 Å². The first-order chi connectivity index (χ1) is 10.2. The Kier molecular flexibility index (Phi) is 4.66. The highest BCUT2D eigenvalue weighted by atomic mass is 16.5. The van der Waals surface area contributed by atoms with Crippen LogP contribution < -0.4 is 5.32 Å². The Morgan fingerprint density at radius 1 is 1.14 bits per heavy atom. The van der Waals surface area contributed by atoms with Crippen molar-refractivity contribution in [1.29, 1.82) is 0 Å². The van der Waals surface area contributed by atoms with Gasteiger partial charge in [-0.3, -0.25) is 0 Å². The molecule has 1 aromatic carbocycles. The zero-order valence-electron chi connectivity index (χ0n) is 13.7. The number of hydrogen-bond donors (Lipinski definition) is 1. The van der Waals surface area contributed by atoms with E-state index in [9.17, 15) is 0 Å². The molecule has 4 atom stereocenters. The highest BCUT2D eigenvalue weighted by Gasteiger charge is 2.31. The van der Waals surface area contributed by atoms with Crippen LogP contribution in [0.3, 0.4) is 0 Å². The molecule has 0 bridgehead atoms. The van der Waals surface area contributed by atoms with Gasteiger partial charge in [-0.25, -0.2) is 0 Å².